The summed E-state index contributed by atoms with van der Waals surface area (Å²) >= 11 is 0. The Hall–Kier alpha value is -4.07. The van der Waals surface area contributed by atoms with E-state index in [9.17, 15) is 14.7 Å². The van der Waals surface area contributed by atoms with Gasteiger partial charge in [0.1, 0.15) is 0 Å². The average molecular weight is 556 g/mol. The topological polar surface area (TPSA) is 110 Å². The zero-order valence-corrected chi connectivity index (χ0v) is 23.9. The normalized spacial score (nSPS) is 13.6. The van der Waals surface area contributed by atoms with Crippen molar-refractivity contribution in [3.8, 4) is 0 Å². The molecule has 1 aliphatic carbocycles. The molecule has 41 heavy (non-hydrogen) atoms. The lowest BCUT2D eigenvalue weighted by Crippen LogP contribution is -2.32. The Kier molecular flexibility index (Phi) is 9.39. The number of nitrogens with one attached hydrogen (secondary N) is 3. The van der Waals surface area contributed by atoms with Crippen molar-refractivity contribution in [3.05, 3.63) is 66.0 Å². The van der Waals surface area contributed by atoms with E-state index < -0.39 is 6.09 Å². The Morgan fingerprint density at radius 3 is 2.73 bits per heavy atom. The fourth-order valence-corrected chi connectivity index (χ4v) is 6.09. The second-order valence-electron chi connectivity index (χ2n) is 11.2. The number of para-hydroxylation sites is 1. The zero-order chi connectivity index (χ0) is 28.6. The van der Waals surface area contributed by atoms with Gasteiger partial charge in [-0.3, -0.25) is 14.7 Å². The molecule has 0 bridgehead atoms. The Balaban J connectivity index is 1.18. The average Bonchev–Trinajstić information content (AvgIpc) is 3.44. The minimum absolute atomic E-state index is 0.0344. The first-order chi connectivity index (χ1) is 20.0. The van der Waals surface area contributed by atoms with Gasteiger partial charge in [0.25, 0.3) is 0 Å². The molecule has 2 aromatic heterocycles. The third-order valence-corrected chi connectivity index (χ3v) is 8.28. The summed E-state index contributed by atoms with van der Waals surface area (Å²) in [5, 5.41) is 18.8. The van der Waals surface area contributed by atoms with E-state index in [2.05, 4.69) is 39.9 Å². The Labute approximate surface area is 241 Å². The predicted octanol–water partition coefficient (Wildman–Crippen LogP) is 6.89. The standard InChI is InChI=1S/C33H41N5O3/c1-23(39)34-19-15-24(17-21-38(33(40)41)26-13-14-29-25(22-26)16-20-35-29)8-6-7-18-36-32-27-9-2-4-11-30(27)37-31-12-5-3-10-28(31)32/h2,4,9,11,13-14,16,20,22,24,35H,3,5-8,10,12,15,17-19,21H2,1H3,(H,34,39)(H,36,37)(H,40,41). The molecule has 0 spiro atoms. The number of carboxylic acid groups (broad SMARTS) is 1. The van der Waals surface area contributed by atoms with Crippen LogP contribution >= 0.6 is 0 Å². The third-order valence-electron chi connectivity index (χ3n) is 8.28. The van der Waals surface area contributed by atoms with E-state index >= 15 is 0 Å². The molecule has 2 heterocycles. The third kappa shape index (κ3) is 7.17. The highest BCUT2D eigenvalue weighted by molar-refractivity contribution is 5.93. The highest BCUT2D eigenvalue weighted by atomic mass is 16.4. The molecular formula is C33H41N5O3. The molecule has 0 fully saturated rings. The first kappa shape index (κ1) is 28.5. The minimum Gasteiger partial charge on any atom is -0.465 e. The number of aromatic nitrogens is 2. The molecule has 8 heteroatoms. The summed E-state index contributed by atoms with van der Waals surface area (Å²) in [7, 11) is 0. The highest BCUT2D eigenvalue weighted by Gasteiger charge is 2.19. The van der Waals surface area contributed by atoms with Gasteiger partial charge in [-0.1, -0.05) is 31.0 Å². The van der Waals surface area contributed by atoms with Gasteiger partial charge in [0.05, 0.1) is 5.52 Å². The quantitative estimate of drug-likeness (QED) is 0.134. The lowest BCUT2D eigenvalue weighted by molar-refractivity contribution is -0.119. The summed E-state index contributed by atoms with van der Waals surface area (Å²) in [6.07, 6.45) is 10.1. The van der Waals surface area contributed by atoms with Crippen molar-refractivity contribution in [2.45, 2.75) is 64.7 Å². The summed E-state index contributed by atoms with van der Waals surface area (Å²) in [5.41, 5.74) is 6.61. The number of nitrogens with zero attached hydrogens (tertiary/aromatic N) is 2. The summed E-state index contributed by atoms with van der Waals surface area (Å²) in [6.45, 7) is 3.45. The Morgan fingerprint density at radius 2 is 1.88 bits per heavy atom. The summed E-state index contributed by atoms with van der Waals surface area (Å²) < 4.78 is 0. The van der Waals surface area contributed by atoms with Crippen LogP contribution in [0.5, 0.6) is 0 Å². The number of pyridine rings is 1. The highest BCUT2D eigenvalue weighted by Crippen LogP contribution is 2.33. The van der Waals surface area contributed by atoms with E-state index in [0.717, 1.165) is 67.9 Å². The van der Waals surface area contributed by atoms with Crippen LogP contribution in [0.2, 0.25) is 0 Å². The number of fused-ring (bicyclic) bond motifs is 3. The lowest BCUT2D eigenvalue weighted by Gasteiger charge is -2.24. The molecule has 1 unspecified atom stereocenters. The smallest absolute Gasteiger partial charge is 0.411 e. The summed E-state index contributed by atoms with van der Waals surface area (Å²) in [5.74, 6) is 0.280. The maximum absolute atomic E-state index is 12.2. The monoisotopic (exact) mass is 555 g/mol. The van der Waals surface area contributed by atoms with Crippen LogP contribution < -0.4 is 15.5 Å². The van der Waals surface area contributed by atoms with Gasteiger partial charge in [0.2, 0.25) is 5.91 Å². The van der Waals surface area contributed by atoms with Crippen molar-refractivity contribution in [2.75, 3.05) is 29.9 Å². The van der Waals surface area contributed by atoms with E-state index in [-0.39, 0.29) is 5.91 Å². The maximum Gasteiger partial charge on any atom is 0.411 e. The van der Waals surface area contributed by atoms with Crippen LogP contribution in [0.1, 0.15) is 63.1 Å². The van der Waals surface area contributed by atoms with Crippen LogP contribution in [0, 0.1) is 5.92 Å². The van der Waals surface area contributed by atoms with Gasteiger partial charge in [-0.2, -0.15) is 0 Å². The Bertz CT molecular complexity index is 1500. The van der Waals surface area contributed by atoms with E-state index in [1.54, 1.807) is 0 Å². The van der Waals surface area contributed by atoms with Crippen molar-refractivity contribution in [1.29, 1.82) is 0 Å². The lowest BCUT2D eigenvalue weighted by atomic mass is 9.92. The second kappa shape index (κ2) is 13.5. The van der Waals surface area contributed by atoms with Crippen molar-refractivity contribution in [3.63, 3.8) is 0 Å². The van der Waals surface area contributed by atoms with Gasteiger partial charge >= 0.3 is 6.09 Å². The second-order valence-corrected chi connectivity index (χ2v) is 11.2. The molecule has 0 saturated heterocycles. The number of unbranched alkanes of at least 4 members (excludes halogenated alkanes) is 1. The fourth-order valence-electron chi connectivity index (χ4n) is 6.09. The zero-order valence-electron chi connectivity index (χ0n) is 23.9. The first-order valence-electron chi connectivity index (χ1n) is 15.0. The van der Waals surface area contributed by atoms with Crippen LogP contribution in [0.4, 0.5) is 16.2 Å². The SMILES string of the molecule is CC(=O)NCCC(CCCCNc1c2c(nc3ccccc13)CCCC2)CCN(C(=O)O)c1ccc2[nH]ccc2c1. The molecule has 0 radical (unpaired) electrons. The van der Waals surface area contributed by atoms with E-state index in [1.165, 1.54) is 47.0 Å². The summed E-state index contributed by atoms with van der Waals surface area (Å²) in [4.78, 5) is 33.2. The van der Waals surface area contributed by atoms with Crippen LogP contribution in [0.25, 0.3) is 21.8 Å². The van der Waals surface area contributed by atoms with Gasteiger partial charge in [-0.25, -0.2) is 4.79 Å². The van der Waals surface area contributed by atoms with Crippen molar-refractivity contribution < 1.29 is 14.7 Å². The van der Waals surface area contributed by atoms with Gasteiger partial charge in [-0.15, -0.1) is 0 Å². The maximum atomic E-state index is 12.2. The van der Waals surface area contributed by atoms with Crippen LogP contribution in [-0.2, 0) is 17.6 Å². The minimum atomic E-state index is -0.947. The van der Waals surface area contributed by atoms with Crippen molar-refractivity contribution >= 4 is 45.2 Å². The predicted molar refractivity (Wildman–Crippen MR) is 166 cm³/mol. The van der Waals surface area contributed by atoms with Gasteiger partial charge in [0.15, 0.2) is 0 Å². The van der Waals surface area contributed by atoms with Crippen LogP contribution in [0.15, 0.2) is 54.7 Å². The number of hydrogen-bond acceptors (Lipinski definition) is 4. The van der Waals surface area contributed by atoms with Crippen LogP contribution in [-0.4, -0.2) is 46.7 Å². The molecule has 1 aliphatic rings. The summed E-state index contributed by atoms with van der Waals surface area (Å²) in [6, 6.07) is 16.1. The number of anilines is 2. The molecule has 0 aliphatic heterocycles. The number of aromatic amines is 1. The largest absolute Gasteiger partial charge is 0.465 e. The van der Waals surface area contributed by atoms with Crippen molar-refractivity contribution in [2.24, 2.45) is 5.92 Å². The Morgan fingerprint density at radius 1 is 1.02 bits per heavy atom. The fraction of sp³-hybridized carbons (Fsp3) is 0.424. The number of carbonyl (C=O) groups is 2. The molecule has 2 aromatic carbocycles. The number of hydrogen-bond donors (Lipinski definition) is 4. The molecule has 4 N–H and O–H groups in total. The molecule has 8 nitrogen and oxygen atoms in total. The number of amides is 2. The van der Waals surface area contributed by atoms with E-state index in [0.29, 0.717) is 24.7 Å². The van der Waals surface area contributed by atoms with Gasteiger partial charge in [0, 0.05) is 66.1 Å². The van der Waals surface area contributed by atoms with Crippen LogP contribution in [0.3, 0.4) is 0 Å². The number of carbonyl (C=O) groups excluding carboxylic acids is 1. The van der Waals surface area contributed by atoms with Gasteiger partial charge < -0.3 is 20.7 Å². The van der Waals surface area contributed by atoms with E-state index in [1.807, 2.05) is 30.5 Å². The number of aryl methyl sites for hydroxylation is 1. The molecule has 216 valence electrons. The molecule has 5 rings (SSSR count). The number of rotatable bonds is 13. The molecular weight excluding hydrogens is 514 g/mol. The first-order valence-corrected chi connectivity index (χ1v) is 15.0. The molecule has 2 amide bonds. The van der Waals surface area contributed by atoms with E-state index in [4.69, 9.17) is 4.98 Å². The number of benzene rings is 2. The van der Waals surface area contributed by atoms with Gasteiger partial charge in [-0.05, 0) is 86.8 Å². The molecule has 4 aromatic rings. The van der Waals surface area contributed by atoms with Crippen molar-refractivity contribution in [1.82, 2.24) is 15.3 Å². The number of H-pyrrole nitrogens is 1. The molecule has 0 saturated carbocycles. The molecule has 1 atom stereocenters.